The fourth-order valence-electron chi connectivity index (χ4n) is 1.44. The van der Waals surface area contributed by atoms with Crippen molar-refractivity contribution in [2.75, 3.05) is 6.54 Å². The zero-order valence-electron chi connectivity index (χ0n) is 9.34. The number of carbonyl (C=O) groups is 1. The maximum atomic E-state index is 13.6. The highest BCUT2D eigenvalue weighted by molar-refractivity contribution is 5.80. The molecule has 0 aromatic heterocycles. The number of nitrogens with one attached hydrogen (secondary N) is 1. The van der Waals surface area contributed by atoms with Crippen molar-refractivity contribution >= 4 is 5.97 Å². The zero-order chi connectivity index (χ0) is 13.1. The second-order valence-corrected chi connectivity index (χ2v) is 3.72. The molecule has 3 nitrogen and oxygen atoms in total. The maximum Gasteiger partial charge on any atom is 0.328 e. The summed E-state index contributed by atoms with van der Waals surface area (Å²) in [7, 11) is 0. The Hall–Kier alpha value is -1.75. The third-order valence-electron chi connectivity index (χ3n) is 2.49. The molecule has 17 heavy (non-hydrogen) atoms. The van der Waals surface area contributed by atoms with Crippen LogP contribution in [-0.2, 0) is 10.3 Å². The minimum absolute atomic E-state index is 0.165. The van der Waals surface area contributed by atoms with Gasteiger partial charge in [-0.3, -0.25) is 5.32 Å². The van der Waals surface area contributed by atoms with E-state index in [9.17, 15) is 13.6 Å². The van der Waals surface area contributed by atoms with Crippen LogP contribution in [0.25, 0.3) is 0 Å². The average molecular weight is 241 g/mol. The molecule has 1 rings (SSSR count). The largest absolute Gasteiger partial charge is 0.480 e. The number of carboxylic acid groups (broad SMARTS) is 1. The molecule has 0 amide bonds. The van der Waals surface area contributed by atoms with Crippen molar-refractivity contribution in [2.45, 2.75) is 12.5 Å². The number of carboxylic acids is 1. The van der Waals surface area contributed by atoms with Gasteiger partial charge in [-0.1, -0.05) is 6.08 Å². The van der Waals surface area contributed by atoms with Gasteiger partial charge in [-0.15, -0.1) is 6.58 Å². The van der Waals surface area contributed by atoms with Crippen LogP contribution in [0.2, 0.25) is 0 Å². The lowest BCUT2D eigenvalue weighted by molar-refractivity contribution is -0.144. The number of rotatable bonds is 5. The van der Waals surface area contributed by atoms with Crippen LogP contribution in [0.5, 0.6) is 0 Å². The van der Waals surface area contributed by atoms with Gasteiger partial charge >= 0.3 is 5.97 Å². The predicted molar refractivity (Wildman–Crippen MR) is 59.5 cm³/mol. The van der Waals surface area contributed by atoms with E-state index in [0.717, 1.165) is 18.2 Å². The number of hydrogen-bond donors (Lipinski definition) is 2. The van der Waals surface area contributed by atoms with Crippen molar-refractivity contribution in [3.05, 3.63) is 48.1 Å². The monoisotopic (exact) mass is 241 g/mol. The minimum Gasteiger partial charge on any atom is -0.480 e. The first-order chi connectivity index (χ1) is 7.91. The van der Waals surface area contributed by atoms with Crippen LogP contribution in [0.15, 0.2) is 30.9 Å². The lowest BCUT2D eigenvalue weighted by Crippen LogP contribution is -2.47. The van der Waals surface area contributed by atoms with Crippen LogP contribution in [0.1, 0.15) is 12.5 Å². The van der Waals surface area contributed by atoms with Crippen molar-refractivity contribution in [3.63, 3.8) is 0 Å². The molecule has 1 atom stereocenters. The Morgan fingerprint density at radius 3 is 2.76 bits per heavy atom. The van der Waals surface area contributed by atoms with Gasteiger partial charge in [0.05, 0.1) is 0 Å². The fraction of sp³-hybridized carbons (Fsp3) is 0.250. The van der Waals surface area contributed by atoms with Crippen LogP contribution in [0, 0.1) is 11.6 Å². The molecule has 0 bridgehead atoms. The highest BCUT2D eigenvalue weighted by atomic mass is 19.1. The van der Waals surface area contributed by atoms with E-state index in [0.29, 0.717) is 0 Å². The molecule has 2 N–H and O–H groups in total. The van der Waals surface area contributed by atoms with Gasteiger partial charge in [0, 0.05) is 12.1 Å². The van der Waals surface area contributed by atoms with E-state index in [2.05, 4.69) is 11.9 Å². The Kier molecular flexibility index (Phi) is 3.96. The van der Waals surface area contributed by atoms with E-state index >= 15 is 0 Å². The molecule has 0 heterocycles. The first-order valence-corrected chi connectivity index (χ1v) is 4.96. The minimum atomic E-state index is -1.69. The summed E-state index contributed by atoms with van der Waals surface area (Å²) in [6.45, 7) is 4.87. The van der Waals surface area contributed by atoms with E-state index in [1.807, 2.05) is 0 Å². The molecular formula is C12H13F2NO2. The smallest absolute Gasteiger partial charge is 0.328 e. The average Bonchev–Trinajstić information content (AvgIpc) is 2.29. The molecule has 0 saturated heterocycles. The van der Waals surface area contributed by atoms with Gasteiger partial charge in [0.15, 0.2) is 0 Å². The molecule has 1 aromatic rings. The van der Waals surface area contributed by atoms with E-state index in [4.69, 9.17) is 5.11 Å². The third kappa shape index (κ3) is 2.68. The standard InChI is InChI=1S/C12H13F2NO2/c1-3-6-15-12(2,11(16)17)9-7-8(13)4-5-10(9)14/h3-5,7,15H,1,6H2,2H3,(H,16,17). The maximum absolute atomic E-state index is 13.6. The summed E-state index contributed by atoms with van der Waals surface area (Å²) in [6, 6.07) is 2.72. The van der Waals surface area contributed by atoms with Crippen molar-refractivity contribution in [3.8, 4) is 0 Å². The second kappa shape index (κ2) is 5.05. The van der Waals surface area contributed by atoms with Gasteiger partial charge in [-0.25, -0.2) is 13.6 Å². The van der Waals surface area contributed by atoms with Gasteiger partial charge in [0.2, 0.25) is 0 Å². The molecule has 0 radical (unpaired) electrons. The van der Waals surface area contributed by atoms with Crippen LogP contribution < -0.4 is 5.32 Å². The van der Waals surface area contributed by atoms with E-state index in [-0.39, 0.29) is 12.1 Å². The summed E-state index contributed by atoms with van der Waals surface area (Å²) in [4.78, 5) is 11.2. The van der Waals surface area contributed by atoms with Crippen LogP contribution >= 0.6 is 0 Å². The highest BCUT2D eigenvalue weighted by Crippen LogP contribution is 2.24. The Morgan fingerprint density at radius 2 is 2.24 bits per heavy atom. The fourth-order valence-corrected chi connectivity index (χ4v) is 1.44. The summed E-state index contributed by atoms with van der Waals surface area (Å²) < 4.78 is 26.6. The molecule has 0 fully saturated rings. The van der Waals surface area contributed by atoms with Crippen molar-refractivity contribution < 1.29 is 18.7 Å². The summed E-state index contributed by atoms with van der Waals surface area (Å²) in [6.07, 6.45) is 1.44. The summed E-state index contributed by atoms with van der Waals surface area (Å²) in [5.41, 5.74) is -1.94. The number of hydrogen-bond acceptors (Lipinski definition) is 2. The summed E-state index contributed by atoms with van der Waals surface area (Å²) in [5.74, 6) is -2.74. The first-order valence-electron chi connectivity index (χ1n) is 4.96. The molecule has 1 unspecified atom stereocenters. The lowest BCUT2D eigenvalue weighted by atomic mass is 9.91. The Bertz CT molecular complexity index is 448. The van der Waals surface area contributed by atoms with Crippen LogP contribution in [0.3, 0.4) is 0 Å². The number of aliphatic carboxylic acids is 1. The highest BCUT2D eigenvalue weighted by Gasteiger charge is 2.37. The molecular weight excluding hydrogens is 228 g/mol. The first kappa shape index (κ1) is 13.3. The van der Waals surface area contributed by atoms with Crippen molar-refractivity contribution in [2.24, 2.45) is 0 Å². The van der Waals surface area contributed by atoms with Crippen molar-refractivity contribution in [1.82, 2.24) is 5.32 Å². The molecule has 1 aromatic carbocycles. The summed E-state index contributed by atoms with van der Waals surface area (Å²) in [5, 5.41) is 11.7. The van der Waals surface area contributed by atoms with Gasteiger partial charge in [0.25, 0.3) is 0 Å². The number of halogens is 2. The lowest BCUT2D eigenvalue weighted by Gasteiger charge is -2.26. The molecule has 5 heteroatoms. The molecule has 0 aliphatic carbocycles. The SMILES string of the molecule is C=CCNC(C)(C(=O)O)c1cc(F)ccc1F. The van der Waals surface area contributed by atoms with E-state index in [1.165, 1.54) is 13.0 Å². The van der Waals surface area contributed by atoms with Crippen molar-refractivity contribution in [1.29, 1.82) is 0 Å². The second-order valence-electron chi connectivity index (χ2n) is 3.72. The van der Waals surface area contributed by atoms with Gasteiger partial charge in [-0.2, -0.15) is 0 Å². The molecule has 0 aliphatic heterocycles. The Morgan fingerprint density at radius 1 is 1.59 bits per heavy atom. The van der Waals surface area contributed by atoms with E-state index in [1.54, 1.807) is 0 Å². The topological polar surface area (TPSA) is 49.3 Å². The van der Waals surface area contributed by atoms with Gasteiger partial charge in [-0.05, 0) is 25.1 Å². The summed E-state index contributed by atoms with van der Waals surface area (Å²) >= 11 is 0. The normalized spacial score (nSPS) is 14.1. The van der Waals surface area contributed by atoms with Gasteiger partial charge < -0.3 is 5.11 Å². The molecule has 92 valence electrons. The molecule has 0 aliphatic rings. The molecule has 0 spiro atoms. The quantitative estimate of drug-likeness (QED) is 0.775. The van der Waals surface area contributed by atoms with Gasteiger partial charge in [0.1, 0.15) is 17.2 Å². The molecule has 0 saturated carbocycles. The number of benzene rings is 1. The third-order valence-corrected chi connectivity index (χ3v) is 2.49. The van der Waals surface area contributed by atoms with Crippen LogP contribution in [-0.4, -0.2) is 17.6 Å². The zero-order valence-corrected chi connectivity index (χ0v) is 9.34. The van der Waals surface area contributed by atoms with Crippen LogP contribution in [0.4, 0.5) is 8.78 Å². The van der Waals surface area contributed by atoms with E-state index < -0.39 is 23.1 Å². The Balaban J connectivity index is 3.26. The predicted octanol–water partition coefficient (Wildman–Crippen LogP) is 2.04. The Labute approximate surface area is 97.8 Å².